The highest BCUT2D eigenvalue weighted by Gasteiger charge is 2.30. The lowest BCUT2D eigenvalue weighted by molar-refractivity contribution is -0.137. The van der Waals surface area contributed by atoms with Crippen molar-refractivity contribution < 1.29 is 17.9 Å². The number of rotatable bonds is 4. The molecule has 0 saturated heterocycles. The van der Waals surface area contributed by atoms with E-state index in [1.54, 1.807) is 31.4 Å². The number of nitrogens with zero attached hydrogens (tertiary/aromatic N) is 1. The molecule has 6 heteroatoms. The third-order valence-corrected chi connectivity index (χ3v) is 2.71. The highest BCUT2D eigenvalue weighted by Crippen LogP contribution is 2.30. The van der Waals surface area contributed by atoms with Crippen LogP contribution >= 0.6 is 0 Å². The number of nitrogens with one attached hydrogen (secondary N) is 1. The van der Waals surface area contributed by atoms with Crippen LogP contribution in [0.5, 0.6) is 5.75 Å². The summed E-state index contributed by atoms with van der Waals surface area (Å²) in [6.07, 6.45) is -2.85. The van der Waals surface area contributed by atoms with Gasteiger partial charge in [-0.3, -0.25) is 5.43 Å². The first kappa shape index (κ1) is 14.9. The molecule has 2 aromatic rings. The summed E-state index contributed by atoms with van der Waals surface area (Å²) in [6, 6.07) is 12.0. The Kier molecular flexibility index (Phi) is 4.47. The van der Waals surface area contributed by atoms with Crippen LogP contribution in [0.3, 0.4) is 0 Å². The van der Waals surface area contributed by atoms with Crippen molar-refractivity contribution in [1.29, 1.82) is 0 Å². The molecule has 0 spiro atoms. The van der Waals surface area contributed by atoms with Crippen molar-refractivity contribution in [3.8, 4) is 5.75 Å². The largest absolute Gasteiger partial charge is 0.497 e. The molecule has 0 atom stereocenters. The number of hydrogen-bond acceptors (Lipinski definition) is 3. The van der Waals surface area contributed by atoms with E-state index >= 15 is 0 Å². The zero-order chi connectivity index (χ0) is 15.3. The van der Waals surface area contributed by atoms with Crippen LogP contribution in [-0.4, -0.2) is 13.3 Å². The average molecular weight is 294 g/mol. The van der Waals surface area contributed by atoms with Gasteiger partial charge in [0.15, 0.2) is 0 Å². The van der Waals surface area contributed by atoms with Crippen molar-refractivity contribution in [2.24, 2.45) is 5.10 Å². The van der Waals surface area contributed by atoms with Gasteiger partial charge in [-0.25, -0.2) is 0 Å². The maximum atomic E-state index is 12.5. The summed E-state index contributed by atoms with van der Waals surface area (Å²) in [7, 11) is 1.57. The Labute approximate surface area is 120 Å². The minimum Gasteiger partial charge on any atom is -0.497 e. The molecule has 0 aromatic heterocycles. The third kappa shape index (κ3) is 4.24. The Morgan fingerprint density at radius 2 is 1.81 bits per heavy atom. The lowest BCUT2D eigenvalue weighted by Gasteiger charge is -2.08. The van der Waals surface area contributed by atoms with E-state index < -0.39 is 11.7 Å². The minimum absolute atomic E-state index is 0.273. The SMILES string of the molecule is COc1ccc(C=NNc2cccc(C(F)(F)F)c2)cc1. The van der Waals surface area contributed by atoms with Gasteiger partial charge in [0.05, 0.1) is 24.6 Å². The van der Waals surface area contributed by atoms with Gasteiger partial charge in [-0.2, -0.15) is 18.3 Å². The molecule has 0 fully saturated rings. The van der Waals surface area contributed by atoms with E-state index in [1.807, 2.05) is 0 Å². The van der Waals surface area contributed by atoms with E-state index in [9.17, 15) is 13.2 Å². The van der Waals surface area contributed by atoms with Gasteiger partial charge in [-0.05, 0) is 48.0 Å². The molecule has 0 saturated carbocycles. The summed E-state index contributed by atoms with van der Waals surface area (Å²) < 4.78 is 42.7. The van der Waals surface area contributed by atoms with Crippen molar-refractivity contribution in [2.75, 3.05) is 12.5 Å². The summed E-state index contributed by atoms with van der Waals surface area (Å²) in [5.74, 6) is 0.720. The zero-order valence-electron chi connectivity index (χ0n) is 11.2. The Bertz CT molecular complexity index is 622. The van der Waals surface area contributed by atoms with Gasteiger partial charge in [-0.15, -0.1) is 0 Å². The summed E-state index contributed by atoms with van der Waals surface area (Å²) in [5, 5.41) is 3.91. The van der Waals surface area contributed by atoms with E-state index in [0.717, 1.165) is 23.4 Å². The van der Waals surface area contributed by atoms with E-state index in [0.29, 0.717) is 0 Å². The first-order valence-corrected chi connectivity index (χ1v) is 6.09. The standard InChI is InChI=1S/C15H13F3N2O/c1-21-14-7-5-11(6-8-14)10-19-20-13-4-2-3-12(9-13)15(16,17)18/h2-10,20H,1H3. The van der Waals surface area contributed by atoms with Crippen LogP contribution < -0.4 is 10.2 Å². The number of hydrazone groups is 1. The van der Waals surface area contributed by atoms with Crippen LogP contribution in [0.4, 0.5) is 18.9 Å². The summed E-state index contributed by atoms with van der Waals surface area (Å²) in [6.45, 7) is 0. The van der Waals surface area contributed by atoms with Gasteiger partial charge in [0.2, 0.25) is 0 Å². The molecular weight excluding hydrogens is 281 g/mol. The molecule has 0 bridgehead atoms. The normalized spacial score (nSPS) is 11.6. The maximum Gasteiger partial charge on any atom is 0.416 e. The molecular formula is C15H13F3N2O. The summed E-state index contributed by atoms with van der Waals surface area (Å²) >= 11 is 0. The monoisotopic (exact) mass is 294 g/mol. The van der Waals surface area contributed by atoms with E-state index in [1.165, 1.54) is 18.3 Å². The van der Waals surface area contributed by atoms with Gasteiger partial charge in [0.25, 0.3) is 0 Å². The Hall–Kier alpha value is -2.50. The molecule has 0 aliphatic rings. The maximum absolute atomic E-state index is 12.5. The Balaban J connectivity index is 2.03. The number of ether oxygens (including phenoxy) is 1. The van der Waals surface area contributed by atoms with Crippen molar-refractivity contribution in [2.45, 2.75) is 6.18 Å². The van der Waals surface area contributed by atoms with Gasteiger partial charge in [0.1, 0.15) is 5.75 Å². The molecule has 0 heterocycles. The Morgan fingerprint density at radius 1 is 1.10 bits per heavy atom. The highest BCUT2D eigenvalue weighted by molar-refractivity contribution is 5.80. The van der Waals surface area contributed by atoms with Crippen molar-refractivity contribution in [3.05, 3.63) is 59.7 Å². The van der Waals surface area contributed by atoms with Gasteiger partial charge in [0, 0.05) is 0 Å². The van der Waals surface area contributed by atoms with Crippen molar-refractivity contribution in [3.63, 3.8) is 0 Å². The first-order valence-electron chi connectivity index (χ1n) is 6.09. The smallest absolute Gasteiger partial charge is 0.416 e. The molecule has 21 heavy (non-hydrogen) atoms. The van der Waals surface area contributed by atoms with Crippen LogP contribution in [0.25, 0.3) is 0 Å². The molecule has 0 radical (unpaired) electrons. The topological polar surface area (TPSA) is 33.6 Å². The molecule has 2 aromatic carbocycles. The summed E-state index contributed by atoms with van der Waals surface area (Å²) in [4.78, 5) is 0. The zero-order valence-corrected chi connectivity index (χ0v) is 11.2. The van der Waals surface area contributed by atoms with Crippen LogP contribution in [0.1, 0.15) is 11.1 Å². The second-order valence-corrected chi connectivity index (χ2v) is 4.22. The minimum atomic E-state index is -4.36. The van der Waals surface area contributed by atoms with Crippen LogP contribution in [0, 0.1) is 0 Å². The predicted octanol–water partition coefficient (Wildman–Crippen LogP) is 4.16. The number of hydrogen-bond donors (Lipinski definition) is 1. The number of halogens is 3. The fourth-order valence-corrected chi connectivity index (χ4v) is 1.64. The average Bonchev–Trinajstić information content (AvgIpc) is 2.47. The van der Waals surface area contributed by atoms with E-state index in [2.05, 4.69) is 10.5 Å². The van der Waals surface area contributed by atoms with Gasteiger partial charge < -0.3 is 4.74 Å². The Morgan fingerprint density at radius 3 is 2.43 bits per heavy atom. The molecule has 3 nitrogen and oxygen atoms in total. The second kappa shape index (κ2) is 6.30. The fourth-order valence-electron chi connectivity index (χ4n) is 1.64. The van der Waals surface area contributed by atoms with Crippen molar-refractivity contribution >= 4 is 11.9 Å². The van der Waals surface area contributed by atoms with E-state index in [4.69, 9.17) is 4.74 Å². The van der Waals surface area contributed by atoms with E-state index in [-0.39, 0.29) is 5.69 Å². The molecule has 110 valence electrons. The predicted molar refractivity (Wildman–Crippen MR) is 75.7 cm³/mol. The van der Waals surface area contributed by atoms with Gasteiger partial charge in [-0.1, -0.05) is 6.07 Å². The number of benzene rings is 2. The molecule has 0 aliphatic carbocycles. The molecule has 0 unspecified atom stereocenters. The molecule has 0 aliphatic heterocycles. The lowest BCUT2D eigenvalue weighted by atomic mass is 10.2. The fraction of sp³-hybridized carbons (Fsp3) is 0.133. The second-order valence-electron chi connectivity index (χ2n) is 4.22. The third-order valence-electron chi connectivity index (χ3n) is 2.71. The molecule has 2 rings (SSSR count). The number of anilines is 1. The number of methoxy groups -OCH3 is 1. The quantitative estimate of drug-likeness (QED) is 0.678. The van der Waals surface area contributed by atoms with Crippen LogP contribution in [0.2, 0.25) is 0 Å². The lowest BCUT2D eigenvalue weighted by Crippen LogP contribution is -2.05. The molecule has 1 N–H and O–H groups in total. The van der Waals surface area contributed by atoms with Crippen LogP contribution in [-0.2, 0) is 6.18 Å². The number of alkyl halides is 3. The highest BCUT2D eigenvalue weighted by atomic mass is 19.4. The van der Waals surface area contributed by atoms with Crippen LogP contribution in [0.15, 0.2) is 53.6 Å². The van der Waals surface area contributed by atoms with Gasteiger partial charge >= 0.3 is 6.18 Å². The van der Waals surface area contributed by atoms with Crippen molar-refractivity contribution in [1.82, 2.24) is 0 Å². The first-order chi connectivity index (χ1) is 9.99. The summed E-state index contributed by atoms with van der Waals surface area (Å²) in [5.41, 5.74) is 2.93. The molecule has 0 amide bonds.